The number of oxazole rings is 1. The van der Waals surface area contributed by atoms with E-state index in [0.29, 0.717) is 16.0 Å². The average Bonchev–Trinajstić information content (AvgIpc) is 2.81. The van der Waals surface area contributed by atoms with Crippen molar-refractivity contribution < 1.29 is 9.21 Å². The zero-order valence-electron chi connectivity index (χ0n) is 11.8. The second-order valence-corrected chi connectivity index (χ2v) is 6.34. The fourth-order valence-corrected chi connectivity index (χ4v) is 2.88. The maximum Gasteiger partial charge on any atom is 0.266 e. The second-order valence-electron chi connectivity index (χ2n) is 4.65. The highest BCUT2D eigenvalue weighted by Crippen LogP contribution is 2.17. The van der Waals surface area contributed by atoms with Crippen molar-refractivity contribution in [2.24, 2.45) is 0 Å². The number of H-pyrrole nitrogens is 1. The molecule has 2 aromatic rings. The van der Waals surface area contributed by atoms with Crippen LogP contribution in [-0.4, -0.2) is 40.4 Å². The van der Waals surface area contributed by atoms with Crippen LogP contribution < -0.4 is 0 Å². The van der Waals surface area contributed by atoms with Crippen LogP contribution in [0.4, 0.5) is 0 Å². The maximum absolute atomic E-state index is 12.4. The minimum atomic E-state index is -0.00146. The molecular weight excluding hydrogens is 292 g/mol. The fraction of sp³-hybridized carbons (Fsp3) is 0.429. The molecule has 0 bridgehead atoms. The predicted molar refractivity (Wildman–Crippen MR) is 86.0 cm³/mol. The molecular formula is C14H18N2O2S2. The van der Waals surface area contributed by atoms with Crippen LogP contribution in [0.2, 0.25) is 0 Å². The number of aromatic nitrogens is 1. The summed E-state index contributed by atoms with van der Waals surface area (Å²) in [6.45, 7) is 4.17. The second kappa shape index (κ2) is 6.45. The van der Waals surface area contributed by atoms with E-state index in [4.69, 9.17) is 16.6 Å². The summed E-state index contributed by atoms with van der Waals surface area (Å²) in [5.41, 5.74) is 2.04. The highest BCUT2D eigenvalue weighted by Gasteiger charge is 2.18. The molecule has 1 amide bonds. The molecule has 0 aliphatic carbocycles. The van der Waals surface area contributed by atoms with Crippen LogP contribution in [0.15, 0.2) is 22.6 Å². The first-order valence-corrected chi connectivity index (χ1v) is 8.07. The van der Waals surface area contributed by atoms with Gasteiger partial charge in [0, 0.05) is 24.4 Å². The van der Waals surface area contributed by atoms with Gasteiger partial charge in [-0.1, -0.05) is 6.92 Å². The fourth-order valence-electron chi connectivity index (χ4n) is 1.88. The molecule has 1 unspecified atom stereocenters. The van der Waals surface area contributed by atoms with E-state index in [1.54, 1.807) is 17.0 Å². The Morgan fingerprint density at radius 1 is 1.55 bits per heavy atom. The molecule has 0 radical (unpaired) electrons. The zero-order chi connectivity index (χ0) is 14.7. The first-order chi connectivity index (χ1) is 9.52. The van der Waals surface area contributed by atoms with Gasteiger partial charge in [0.2, 0.25) is 0 Å². The van der Waals surface area contributed by atoms with E-state index in [9.17, 15) is 4.79 Å². The lowest BCUT2D eigenvalue weighted by molar-refractivity contribution is 0.0757. The van der Waals surface area contributed by atoms with Gasteiger partial charge in [-0.2, -0.15) is 11.8 Å². The SMILES string of the molecule is CCSCC(C)N(C)C(=O)c1ccc2[nH]c(=S)oc2c1. The standard InChI is InChI=1S/C14H18N2O2S2/c1-4-20-8-9(2)16(3)13(17)10-5-6-11-12(7-10)18-14(19)15-11/h5-7,9H,4,8H2,1-3H3,(H,15,19). The minimum absolute atomic E-state index is 0.00146. The van der Waals surface area contributed by atoms with Crippen LogP contribution in [0, 0.1) is 4.84 Å². The van der Waals surface area contributed by atoms with E-state index in [-0.39, 0.29) is 11.9 Å². The molecule has 6 heteroatoms. The van der Waals surface area contributed by atoms with Crippen LogP contribution in [0.1, 0.15) is 24.2 Å². The Morgan fingerprint density at radius 2 is 2.30 bits per heavy atom. The van der Waals surface area contributed by atoms with Gasteiger partial charge in [0.15, 0.2) is 5.58 Å². The normalized spacial score (nSPS) is 12.6. The lowest BCUT2D eigenvalue weighted by atomic mass is 10.1. The van der Waals surface area contributed by atoms with E-state index < -0.39 is 0 Å². The molecule has 20 heavy (non-hydrogen) atoms. The van der Waals surface area contributed by atoms with Gasteiger partial charge in [-0.15, -0.1) is 0 Å². The molecule has 1 aromatic heterocycles. The number of benzene rings is 1. The van der Waals surface area contributed by atoms with Gasteiger partial charge >= 0.3 is 0 Å². The molecule has 1 atom stereocenters. The summed E-state index contributed by atoms with van der Waals surface area (Å²) in [6, 6.07) is 5.55. The highest BCUT2D eigenvalue weighted by molar-refractivity contribution is 7.99. The van der Waals surface area contributed by atoms with Gasteiger partial charge in [-0.3, -0.25) is 4.79 Å². The van der Waals surface area contributed by atoms with Crippen LogP contribution >= 0.6 is 24.0 Å². The summed E-state index contributed by atoms with van der Waals surface area (Å²) < 4.78 is 5.35. The molecule has 0 spiro atoms. The molecule has 108 valence electrons. The zero-order valence-corrected chi connectivity index (χ0v) is 13.4. The van der Waals surface area contributed by atoms with Crippen LogP contribution in [0.5, 0.6) is 0 Å². The molecule has 2 rings (SSSR count). The topological polar surface area (TPSA) is 49.2 Å². The van der Waals surface area contributed by atoms with Gasteiger partial charge in [0.25, 0.3) is 10.7 Å². The third-order valence-corrected chi connectivity index (χ3v) is 4.52. The molecule has 0 fully saturated rings. The van der Waals surface area contributed by atoms with E-state index in [1.807, 2.05) is 24.9 Å². The molecule has 0 saturated carbocycles. The number of carbonyl (C=O) groups excluding carboxylic acids is 1. The highest BCUT2D eigenvalue weighted by atomic mass is 32.2. The first-order valence-electron chi connectivity index (χ1n) is 6.50. The Hall–Kier alpha value is -1.27. The van der Waals surface area contributed by atoms with Gasteiger partial charge in [0.1, 0.15) is 0 Å². The third kappa shape index (κ3) is 3.24. The smallest absolute Gasteiger partial charge is 0.266 e. The first kappa shape index (κ1) is 15.1. The Morgan fingerprint density at radius 3 is 3.00 bits per heavy atom. The van der Waals surface area contributed by atoms with Gasteiger partial charge in [-0.05, 0) is 43.1 Å². The summed E-state index contributed by atoms with van der Waals surface area (Å²) in [5.74, 6) is 1.99. The number of thioether (sulfide) groups is 1. The molecule has 1 heterocycles. The van der Waals surface area contributed by atoms with Crippen LogP contribution in [0.3, 0.4) is 0 Å². The number of fused-ring (bicyclic) bond motifs is 1. The maximum atomic E-state index is 12.4. The molecule has 1 aromatic carbocycles. The van der Waals surface area contributed by atoms with Crippen molar-refractivity contribution in [3.63, 3.8) is 0 Å². The Bertz CT molecular complexity index is 662. The van der Waals surface area contributed by atoms with Crippen molar-refractivity contribution in [2.45, 2.75) is 19.9 Å². The molecule has 4 nitrogen and oxygen atoms in total. The molecule has 1 N–H and O–H groups in total. The van der Waals surface area contributed by atoms with Crippen molar-refractivity contribution in [1.82, 2.24) is 9.88 Å². The predicted octanol–water partition coefficient (Wildman–Crippen LogP) is 3.70. The number of aromatic amines is 1. The van der Waals surface area contributed by atoms with Crippen LogP contribution in [0.25, 0.3) is 11.1 Å². The lowest BCUT2D eigenvalue weighted by Crippen LogP contribution is -2.36. The van der Waals surface area contributed by atoms with Crippen molar-refractivity contribution in [1.29, 1.82) is 0 Å². The summed E-state index contributed by atoms with van der Waals surface area (Å²) in [7, 11) is 1.83. The average molecular weight is 310 g/mol. The number of rotatable bonds is 5. The van der Waals surface area contributed by atoms with E-state index in [1.165, 1.54) is 0 Å². The lowest BCUT2D eigenvalue weighted by Gasteiger charge is -2.24. The van der Waals surface area contributed by atoms with E-state index >= 15 is 0 Å². The van der Waals surface area contributed by atoms with Gasteiger partial charge in [0.05, 0.1) is 5.52 Å². The summed E-state index contributed by atoms with van der Waals surface area (Å²) in [4.78, 5) is 17.5. The molecule has 0 aliphatic rings. The quantitative estimate of drug-likeness (QED) is 0.855. The molecule has 0 saturated heterocycles. The Kier molecular flexibility index (Phi) is 4.88. The number of hydrogen-bond donors (Lipinski definition) is 1. The van der Waals surface area contributed by atoms with Crippen LogP contribution in [-0.2, 0) is 0 Å². The Labute approximate surface area is 127 Å². The largest absolute Gasteiger partial charge is 0.429 e. The van der Waals surface area contributed by atoms with E-state index in [2.05, 4.69) is 18.8 Å². The monoisotopic (exact) mass is 310 g/mol. The van der Waals surface area contributed by atoms with Crippen molar-refractivity contribution in [3.05, 3.63) is 28.6 Å². The molecule has 0 aliphatic heterocycles. The summed E-state index contributed by atoms with van der Waals surface area (Å²) in [5, 5.41) is 0. The summed E-state index contributed by atoms with van der Waals surface area (Å²) >= 11 is 6.77. The van der Waals surface area contributed by atoms with Gasteiger partial charge in [-0.25, -0.2) is 0 Å². The number of nitrogens with one attached hydrogen (secondary N) is 1. The number of amides is 1. The number of carbonyl (C=O) groups is 1. The van der Waals surface area contributed by atoms with Crippen molar-refractivity contribution in [3.8, 4) is 0 Å². The number of hydrogen-bond acceptors (Lipinski definition) is 4. The van der Waals surface area contributed by atoms with E-state index in [0.717, 1.165) is 17.0 Å². The van der Waals surface area contributed by atoms with Gasteiger partial charge < -0.3 is 14.3 Å². The van der Waals surface area contributed by atoms with Crippen molar-refractivity contribution in [2.75, 3.05) is 18.6 Å². The van der Waals surface area contributed by atoms with Crippen molar-refractivity contribution >= 4 is 41.0 Å². The summed E-state index contributed by atoms with van der Waals surface area (Å²) in [6.07, 6.45) is 0. The third-order valence-electron chi connectivity index (χ3n) is 3.21. The number of nitrogens with zero attached hydrogens (tertiary/aromatic N) is 1. The Balaban J connectivity index is 2.19. The minimum Gasteiger partial charge on any atom is -0.429 e.